The predicted molar refractivity (Wildman–Crippen MR) is 57.7 cm³/mol. The van der Waals surface area contributed by atoms with Crippen LogP contribution in [0.25, 0.3) is 0 Å². The summed E-state index contributed by atoms with van der Waals surface area (Å²) in [6.07, 6.45) is 2.22. The lowest BCUT2D eigenvalue weighted by Crippen LogP contribution is -2.08. The molecule has 0 bridgehead atoms. The van der Waals surface area contributed by atoms with E-state index in [1.807, 2.05) is 0 Å². The van der Waals surface area contributed by atoms with E-state index in [9.17, 15) is 0 Å². The van der Waals surface area contributed by atoms with Gasteiger partial charge in [0.1, 0.15) is 5.82 Å². The van der Waals surface area contributed by atoms with E-state index in [0.29, 0.717) is 36.4 Å². The molecule has 0 spiro atoms. The molecule has 2 heterocycles. The van der Waals surface area contributed by atoms with Crippen LogP contribution >= 0.6 is 0 Å². The van der Waals surface area contributed by atoms with Crippen molar-refractivity contribution >= 4 is 11.8 Å². The van der Waals surface area contributed by atoms with E-state index >= 15 is 0 Å². The van der Waals surface area contributed by atoms with Crippen LogP contribution in [0.5, 0.6) is 0 Å². The van der Waals surface area contributed by atoms with Gasteiger partial charge in [0.2, 0.25) is 11.8 Å². The number of rotatable bonds is 4. The maximum atomic E-state index is 5.51. The third kappa shape index (κ3) is 2.66. The van der Waals surface area contributed by atoms with E-state index in [1.54, 1.807) is 19.2 Å². The molecule has 2 aromatic rings. The fourth-order valence-electron chi connectivity index (χ4n) is 1.18. The molecule has 0 radical (unpaired) electrons. The molecule has 7 heteroatoms. The van der Waals surface area contributed by atoms with Crippen LogP contribution in [0.1, 0.15) is 11.7 Å². The SMILES string of the molecule is Cc1noc(CCNc2nccc(N)n2)n1. The summed E-state index contributed by atoms with van der Waals surface area (Å²) in [5.74, 6) is 2.16. The molecule has 0 amide bonds. The van der Waals surface area contributed by atoms with E-state index in [2.05, 4.69) is 25.4 Å². The minimum Gasteiger partial charge on any atom is -0.384 e. The molecule has 0 saturated carbocycles. The first kappa shape index (κ1) is 10.3. The van der Waals surface area contributed by atoms with Gasteiger partial charge in [-0.05, 0) is 13.0 Å². The van der Waals surface area contributed by atoms with Gasteiger partial charge < -0.3 is 15.6 Å². The van der Waals surface area contributed by atoms with Gasteiger partial charge in [0.25, 0.3) is 0 Å². The first-order valence-corrected chi connectivity index (χ1v) is 4.85. The Hall–Kier alpha value is -2.18. The Morgan fingerprint density at radius 3 is 3.00 bits per heavy atom. The van der Waals surface area contributed by atoms with Crippen molar-refractivity contribution in [2.24, 2.45) is 0 Å². The molecule has 0 fully saturated rings. The molecular weight excluding hydrogens is 208 g/mol. The highest BCUT2D eigenvalue weighted by Crippen LogP contribution is 2.02. The normalized spacial score (nSPS) is 10.3. The lowest BCUT2D eigenvalue weighted by molar-refractivity contribution is 0.377. The number of nitrogens with one attached hydrogen (secondary N) is 1. The standard InChI is InChI=1S/C9H12N6O/c1-6-13-8(16-15-6)3-5-12-9-11-4-2-7(10)14-9/h2,4H,3,5H2,1H3,(H3,10,11,12,14). The van der Waals surface area contributed by atoms with Gasteiger partial charge >= 0.3 is 0 Å². The fraction of sp³-hybridized carbons (Fsp3) is 0.333. The van der Waals surface area contributed by atoms with Crippen molar-refractivity contribution in [3.05, 3.63) is 24.0 Å². The fourth-order valence-corrected chi connectivity index (χ4v) is 1.18. The Bertz CT molecular complexity index is 469. The molecule has 0 saturated heterocycles. The van der Waals surface area contributed by atoms with Crippen LogP contribution in [0, 0.1) is 6.92 Å². The first-order chi connectivity index (χ1) is 7.74. The Balaban J connectivity index is 1.84. The van der Waals surface area contributed by atoms with E-state index in [4.69, 9.17) is 10.3 Å². The molecule has 0 aromatic carbocycles. The number of aryl methyl sites for hydroxylation is 1. The highest BCUT2D eigenvalue weighted by Gasteiger charge is 2.02. The highest BCUT2D eigenvalue weighted by molar-refractivity contribution is 5.34. The molecule has 0 unspecified atom stereocenters. The summed E-state index contributed by atoms with van der Waals surface area (Å²) in [6.45, 7) is 2.40. The predicted octanol–water partition coefficient (Wildman–Crippen LogP) is 0.405. The van der Waals surface area contributed by atoms with E-state index in [-0.39, 0.29) is 0 Å². The van der Waals surface area contributed by atoms with Gasteiger partial charge in [-0.1, -0.05) is 5.16 Å². The van der Waals surface area contributed by atoms with Gasteiger partial charge in [-0.15, -0.1) is 0 Å². The van der Waals surface area contributed by atoms with Crippen molar-refractivity contribution in [3.63, 3.8) is 0 Å². The Kier molecular flexibility index (Phi) is 2.95. The summed E-state index contributed by atoms with van der Waals surface area (Å²) in [4.78, 5) is 12.1. The van der Waals surface area contributed by atoms with Crippen LogP contribution < -0.4 is 11.1 Å². The number of hydrogen-bond donors (Lipinski definition) is 2. The number of anilines is 2. The molecular formula is C9H12N6O. The average molecular weight is 220 g/mol. The topological polar surface area (TPSA) is 103 Å². The number of nitrogen functional groups attached to an aromatic ring is 1. The molecule has 3 N–H and O–H groups in total. The zero-order valence-corrected chi connectivity index (χ0v) is 8.84. The molecule has 7 nitrogen and oxygen atoms in total. The summed E-state index contributed by atoms with van der Waals surface area (Å²) in [5, 5.41) is 6.70. The first-order valence-electron chi connectivity index (χ1n) is 4.85. The van der Waals surface area contributed by atoms with Gasteiger partial charge in [-0.3, -0.25) is 0 Å². The molecule has 0 atom stereocenters. The summed E-state index contributed by atoms with van der Waals surface area (Å²) in [5.41, 5.74) is 5.51. The number of hydrogen-bond acceptors (Lipinski definition) is 7. The van der Waals surface area contributed by atoms with Crippen LogP contribution in [-0.4, -0.2) is 26.7 Å². The second-order valence-corrected chi connectivity index (χ2v) is 3.22. The van der Waals surface area contributed by atoms with Gasteiger partial charge in [0.15, 0.2) is 5.82 Å². The minimum atomic E-state index is 0.436. The number of nitrogens with two attached hydrogens (primary N) is 1. The van der Waals surface area contributed by atoms with Crippen LogP contribution in [0.2, 0.25) is 0 Å². The van der Waals surface area contributed by atoms with E-state index < -0.39 is 0 Å². The number of nitrogens with zero attached hydrogens (tertiary/aromatic N) is 4. The molecule has 2 rings (SSSR count). The van der Waals surface area contributed by atoms with E-state index in [1.165, 1.54) is 0 Å². The molecule has 0 aliphatic heterocycles. The number of aromatic nitrogens is 4. The van der Waals surface area contributed by atoms with Crippen LogP contribution in [0.3, 0.4) is 0 Å². The van der Waals surface area contributed by atoms with Gasteiger partial charge in [0, 0.05) is 19.2 Å². The van der Waals surface area contributed by atoms with Crippen molar-refractivity contribution in [1.82, 2.24) is 20.1 Å². The van der Waals surface area contributed by atoms with Crippen LogP contribution in [-0.2, 0) is 6.42 Å². The summed E-state index contributed by atoms with van der Waals surface area (Å²) in [7, 11) is 0. The van der Waals surface area contributed by atoms with Crippen molar-refractivity contribution < 1.29 is 4.52 Å². The lowest BCUT2D eigenvalue weighted by Gasteiger charge is -2.02. The zero-order valence-electron chi connectivity index (χ0n) is 8.84. The molecule has 0 aliphatic rings. The quantitative estimate of drug-likeness (QED) is 0.768. The largest absolute Gasteiger partial charge is 0.384 e. The van der Waals surface area contributed by atoms with E-state index in [0.717, 1.165) is 0 Å². The van der Waals surface area contributed by atoms with Crippen LogP contribution in [0.15, 0.2) is 16.8 Å². The Morgan fingerprint density at radius 2 is 2.31 bits per heavy atom. The van der Waals surface area contributed by atoms with Crippen molar-refractivity contribution in [2.45, 2.75) is 13.3 Å². The van der Waals surface area contributed by atoms with Crippen molar-refractivity contribution in [1.29, 1.82) is 0 Å². The second-order valence-electron chi connectivity index (χ2n) is 3.22. The lowest BCUT2D eigenvalue weighted by atomic mass is 10.4. The van der Waals surface area contributed by atoms with Crippen molar-refractivity contribution in [3.8, 4) is 0 Å². The zero-order chi connectivity index (χ0) is 11.4. The second kappa shape index (κ2) is 4.56. The van der Waals surface area contributed by atoms with Crippen LogP contribution in [0.4, 0.5) is 11.8 Å². The Labute approximate surface area is 92.1 Å². The maximum Gasteiger partial charge on any atom is 0.228 e. The third-order valence-corrected chi connectivity index (χ3v) is 1.87. The molecule has 2 aromatic heterocycles. The van der Waals surface area contributed by atoms with Crippen molar-refractivity contribution in [2.75, 3.05) is 17.6 Å². The summed E-state index contributed by atoms with van der Waals surface area (Å²) in [6, 6.07) is 1.63. The monoisotopic (exact) mass is 220 g/mol. The molecule has 84 valence electrons. The van der Waals surface area contributed by atoms with Gasteiger partial charge in [-0.25, -0.2) is 4.98 Å². The van der Waals surface area contributed by atoms with Gasteiger partial charge in [-0.2, -0.15) is 9.97 Å². The Morgan fingerprint density at radius 1 is 1.44 bits per heavy atom. The molecule has 0 aliphatic carbocycles. The van der Waals surface area contributed by atoms with Gasteiger partial charge in [0.05, 0.1) is 0 Å². The smallest absolute Gasteiger partial charge is 0.228 e. The minimum absolute atomic E-state index is 0.436. The maximum absolute atomic E-state index is 5.51. The summed E-state index contributed by atoms with van der Waals surface area (Å²) < 4.78 is 4.96. The third-order valence-electron chi connectivity index (χ3n) is 1.87. The molecule has 16 heavy (non-hydrogen) atoms. The summed E-state index contributed by atoms with van der Waals surface area (Å²) >= 11 is 0. The highest BCUT2D eigenvalue weighted by atomic mass is 16.5. The average Bonchev–Trinajstić information content (AvgIpc) is 2.64.